The van der Waals surface area contributed by atoms with Gasteiger partial charge in [0.05, 0.1) is 0 Å². The molecule has 1 fully saturated rings. The minimum atomic E-state index is -0.470. The van der Waals surface area contributed by atoms with Gasteiger partial charge in [-0.05, 0) is 45.4 Å². The Morgan fingerprint density at radius 1 is 1.35 bits per heavy atom. The molecule has 144 valence electrons. The third kappa shape index (κ3) is 5.30. The normalized spacial score (nSPS) is 16.4. The van der Waals surface area contributed by atoms with Gasteiger partial charge in [-0.2, -0.15) is 0 Å². The monoisotopic (exact) mass is 381 g/mol. The smallest absolute Gasteiger partial charge is 0.244 e. The highest BCUT2D eigenvalue weighted by Gasteiger charge is 2.26. The van der Waals surface area contributed by atoms with Crippen molar-refractivity contribution in [3.63, 3.8) is 0 Å². The topological polar surface area (TPSA) is 101 Å². The fraction of sp³-hybridized carbons (Fsp3) is 0.667. The molecule has 1 atom stereocenters. The Kier molecular flexibility index (Phi) is 7.20. The second-order valence-electron chi connectivity index (χ2n) is 6.88. The molecule has 0 radical (unpaired) electrons. The molecule has 8 heteroatoms. The van der Waals surface area contributed by atoms with Crippen molar-refractivity contribution in [2.45, 2.75) is 58.9 Å². The Balaban J connectivity index is 1.82. The van der Waals surface area contributed by atoms with E-state index in [1.54, 1.807) is 20.8 Å². The van der Waals surface area contributed by atoms with Gasteiger partial charge >= 0.3 is 0 Å². The van der Waals surface area contributed by atoms with Crippen LogP contribution in [0.3, 0.4) is 0 Å². The number of halogens is 1. The third-order valence-corrected chi connectivity index (χ3v) is 5.21. The van der Waals surface area contributed by atoms with Crippen LogP contribution in [0.25, 0.3) is 0 Å². The van der Waals surface area contributed by atoms with Crippen LogP contribution in [0.5, 0.6) is 0 Å². The van der Waals surface area contributed by atoms with Crippen LogP contribution >= 0.6 is 11.6 Å². The summed E-state index contributed by atoms with van der Waals surface area (Å²) in [7, 11) is 0. The van der Waals surface area contributed by atoms with E-state index >= 15 is 0 Å². The summed E-state index contributed by atoms with van der Waals surface area (Å²) in [5, 5.41) is 3.16. The summed E-state index contributed by atoms with van der Waals surface area (Å²) in [6.45, 7) is 6.70. The Hall–Kier alpha value is -1.89. The molecule has 0 aliphatic carbocycles. The number of nitrogens with two attached hydrogens (primary N) is 1. The summed E-state index contributed by atoms with van der Waals surface area (Å²) in [6.07, 6.45) is 3.94. The number of likely N-dealkylation sites (tertiary alicyclic amines) is 1. The molecule has 3 N–H and O–H groups in total. The van der Waals surface area contributed by atoms with E-state index in [1.165, 1.54) is 0 Å². The number of rotatable bonds is 6. The van der Waals surface area contributed by atoms with Crippen LogP contribution in [0.15, 0.2) is 0 Å². The van der Waals surface area contributed by atoms with Crippen LogP contribution in [0.2, 0.25) is 5.15 Å². The molecule has 0 saturated carbocycles. The summed E-state index contributed by atoms with van der Waals surface area (Å²) in [5.74, 6) is 1.43. The number of nitrogens with one attached hydrogen (secondary N) is 1. The molecule has 7 nitrogen and oxygen atoms in total. The van der Waals surface area contributed by atoms with Crippen molar-refractivity contribution < 1.29 is 9.59 Å². The fourth-order valence-corrected chi connectivity index (χ4v) is 3.60. The van der Waals surface area contributed by atoms with E-state index in [4.69, 9.17) is 17.3 Å². The number of nitrogens with zero attached hydrogens (tertiary/aromatic N) is 3. The summed E-state index contributed by atoms with van der Waals surface area (Å²) in [5.41, 5.74) is 6.77. The SMILES string of the molecule is CCC(=O)N[C@@H](C)C(=O)N1CCC(CCc2c(N)nc(C)nc2Cl)CC1. The van der Waals surface area contributed by atoms with Gasteiger partial charge in [-0.3, -0.25) is 9.59 Å². The van der Waals surface area contributed by atoms with Crippen LogP contribution in [0.4, 0.5) is 5.82 Å². The van der Waals surface area contributed by atoms with Gasteiger partial charge in [0.15, 0.2) is 0 Å². The highest BCUT2D eigenvalue weighted by molar-refractivity contribution is 6.30. The lowest BCUT2D eigenvalue weighted by Crippen LogP contribution is -2.49. The third-order valence-electron chi connectivity index (χ3n) is 4.90. The molecular formula is C18H28ClN5O2. The summed E-state index contributed by atoms with van der Waals surface area (Å²) >= 11 is 6.19. The highest BCUT2D eigenvalue weighted by Crippen LogP contribution is 2.26. The molecule has 1 aromatic heterocycles. The van der Waals surface area contributed by atoms with E-state index in [2.05, 4.69) is 15.3 Å². The van der Waals surface area contributed by atoms with Crippen LogP contribution in [-0.2, 0) is 16.0 Å². The number of carbonyl (C=O) groups is 2. The van der Waals surface area contributed by atoms with Crippen molar-refractivity contribution >= 4 is 29.2 Å². The highest BCUT2D eigenvalue weighted by atomic mass is 35.5. The summed E-state index contributed by atoms with van der Waals surface area (Å²) < 4.78 is 0. The van der Waals surface area contributed by atoms with Gasteiger partial charge in [-0.1, -0.05) is 18.5 Å². The number of anilines is 1. The molecule has 1 aromatic rings. The van der Waals surface area contributed by atoms with Crippen LogP contribution in [0, 0.1) is 12.8 Å². The maximum atomic E-state index is 12.4. The molecule has 0 bridgehead atoms. The van der Waals surface area contributed by atoms with Crippen LogP contribution in [0.1, 0.15) is 50.9 Å². The van der Waals surface area contributed by atoms with Crippen molar-refractivity contribution in [2.75, 3.05) is 18.8 Å². The van der Waals surface area contributed by atoms with Crippen LogP contribution in [-0.4, -0.2) is 45.8 Å². The van der Waals surface area contributed by atoms with Gasteiger partial charge in [-0.25, -0.2) is 9.97 Å². The molecule has 2 rings (SSSR count). The molecule has 0 spiro atoms. The zero-order valence-corrected chi connectivity index (χ0v) is 16.5. The first kappa shape index (κ1) is 20.4. The van der Waals surface area contributed by atoms with Gasteiger partial charge in [0.25, 0.3) is 0 Å². The number of aromatic nitrogens is 2. The van der Waals surface area contributed by atoms with Crippen LogP contribution < -0.4 is 11.1 Å². The quantitative estimate of drug-likeness (QED) is 0.735. The van der Waals surface area contributed by atoms with E-state index in [-0.39, 0.29) is 11.8 Å². The summed E-state index contributed by atoms with van der Waals surface area (Å²) in [4.78, 5) is 34.1. The molecule has 1 aliphatic rings. The maximum Gasteiger partial charge on any atom is 0.244 e. The Morgan fingerprint density at radius 3 is 2.58 bits per heavy atom. The first-order chi connectivity index (χ1) is 12.3. The second-order valence-corrected chi connectivity index (χ2v) is 7.23. The Labute approximate surface area is 159 Å². The lowest BCUT2D eigenvalue weighted by molar-refractivity contribution is -0.137. The van der Waals surface area contributed by atoms with E-state index in [9.17, 15) is 9.59 Å². The number of piperidine rings is 1. The number of aryl methyl sites for hydroxylation is 1. The predicted octanol–water partition coefficient (Wildman–Crippen LogP) is 2.11. The lowest BCUT2D eigenvalue weighted by Gasteiger charge is -2.33. The lowest BCUT2D eigenvalue weighted by atomic mass is 9.90. The first-order valence-electron chi connectivity index (χ1n) is 9.18. The van der Waals surface area contributed by atoms with E-state index in [1.807, 2.05) is 4.90 Å². The molecule has 1 aliphatic heterocycles. The van der Waals surface area contributed by atoms with E-state index in [0.717, 1.165) is 31.2 Å². The van der Waals surface area contributed by atoms with Gasteiger partial charge < -0.3 is 16.0 Å². The Morgan fingerprint density at radius 2 is 2.00 bits per heavy atom. The zero-order chi connectivity index (χ0) is 19.3. The molecule has 26 heavy (non-hydrogen) atoms. The van der Waals surface area contributed by atoms with Crippen molar-refractivity contribution in [1.29, 1.82) is 0 Å². The maximum absolute atomic E-state index is 12.4. The van der Waals surface area contributed by atoms with E-state index in [0.29, 0.717) is 42.2 Å². The number of hydrogen-bond acceptors (Lipinski definition) is 5. The van der Waals surface area contributed by atoms with Gasteiger partial charge in [0.2, 0.25) is 11.8 Å². The Bertz CT molecular complexity index is 636. The minimum Gasteiger partial charge on any atom is -0.383 e. The number of nitrogen functional groups attached to an aromatic ring is 1. The molecule has 2 heterocycles. The van der Waals surface area contributed by atoms with E-state index < -0.39 is 6.04 Å². The van der Waals surface area contributed by atoms with Crippen molar-refractivity contribution in [1.82, 2.24) is 20.2 Å². The standard InChI is InChI=1S/C18H28ClN5O2/c1-4-15(25)21-11(2)18(26)24-9-7-13(8-10-24)5-6-14-16(19)22-12(3)23-17(14)20/h11,13H,4-10H2,1-3H3,(H,21,25)(H2,20,22,23)/t11-/m0/s1. The largest absolute Gasteiger partial charge is 0.383 e. The minimum absolute atomic E-state index is 0.00975. The average molecular weight is 382 g/mol. The molecular weight excluding hydrogens is 354 g/mol. The molecule has 0 aromatic carbocycles. The number of hydrogen-bond donors (Lipinski definition) is 2. The zero-order valence-electron chi connectivity index (χ0n) is 15.7. The average Bonchev–Trinajstić information content (AvgIpc) is 2.60. The van der Waals surface area contributed by atoms with Crippen molar-refractivity contribution in [3.8, 4) is 0 Å². The van der Waals surface area contributed by atoms with Gasteiger partial charge in [0, 0.05) is 25.1 Å². The second kappa shape index (κ2) is 9.16. The van der Waals surface area contributed by atoms with Gasteiger partial charge in [0.1, 0.15) is 22.8 Å². The number of carbonyl (C=O) groups excluding carboxylic acids is 2. The molecule has 2 amide bonds. The summed E-state index contributed by atoms with van der Waals surface area (Å²) in [6, 6.07) is -0.470. The van der Waals surface area contributed by atoms with Crippen molar-refractivity contribution in [2.24, 2.45) is 5.92 Å². The first-order valence-corrected chi connectivity index (χ1v) is 9.56. The fourth-order valence-electron chi connectivity index (χ4n) is 3.28. The number of amides is 2. The molecule has 1 saturated heterocycles. The van der Waals surface area contributed by atoms with Crippen molar-refractivity contribution in [3.05, 3.63) is 16.5 Å². The molecule has 0 unspecified atom stereocenters. The van der Waals surface area contributed by atoms with Gasteiger partial charge in [-0.15, -0.1) is 0 Å². The predicted molar refractivity (Wildman–Crippen MR) is 102 cm³/mol.